The molecule has 0 spiro atoms. The van der Waals surface area contributed by atoms with Crippen LogP contribution >= 0.6 is 11.3 Å². The molecule has 2 heterocycles. The van der Waals surface area contributed by atoms with Crippen molar-refractivity contribution in [1.82, 2.24) is 9.97 Å². The number of aromatic amines is 1. The zero-order valence-corrected chi connectivity index (χ0v) is 13.4. The van der Waals surface area contributed by atoms with Crippen LogP contribution in [0.25, 0.3) is 22.5 Å². The summed E-state index contributed by atoms with van der Waals surface area (Å²) in [5, 5.41) is 4.28. The van der Waals surface area contributed by atoms with Crippen LogP contribution in [-0.4, -0.2) is 9.97 Å². The first-order chi connectivity index (χ1) is 11.4. The van der Waals surface area contributed by atoms with Gasteiger partial charge < -0.3 is 4.98 Å². The molecule has 4 rings (SSSR count). The fourth-order valence-corrected chi connectivity index (χ4v) is 3.38. The molecule has 0 amide bonds. The van der Waals surface area contributed by atoms with Gasteiger partial charge in [-0.2, -0.15) is 11.3 Å². The molecule has 0 saturated heterocycles. The molecule has 0 bridgehead atoms. The highest BCUT2D eigenvalue weighted by Crippen LogP contribution is 2.30. The highest BCUT2D eigenvalue weighted by Gasteiger charge is 2.14. The van der Waals surface area contributed by atoms with Gasteiger partial charge in [-0.15, -0.1) is 0 Å². The van der Waals surface area contributed by atoms with Crippen LogP contribution in [0.1, 0.15) is 11.4 Å². The van der Waals surface area contributed by atoms with E-state index in [4.69, 9.17) is 4.98 Å². The molecule has 1 N–H and O–H groups in total. The monoisotopic (exact) mass is 316 g/mol. The third-order valence-corrected chi connectivity index (χ3v) is 4.55. The number of imidazole rings is 1. The lowest BCUT2D eigenvalue weighted by Gasteiger charge is -2.02. The van der Waals surface area contributed by atoms with Crippen LogP contribution in [0.5, 0.6) is 0 Å². The van der Waals surface area contributed by atoms with E-state index in [0.29, 0.717) is 0 Å². The number of hydrogen-bond donors (Lipinski definition) is 1. The summed E-state index contributed by atoms with van der Waals surface area (Å²) in [7, 11) is 0. The third-order valence-electron chi connectivity index (χ3n) is 3.81. The molecule has 0 radical (unpaired) electrons. The second-order valence-corrected chi connectivity index (χ2v) is 6.23. The largest absolute Gasteiger partial charge is 0.341 e. The number of hydrogen-bond acceptors (Lipinski definition) is 2. The zero-order valence-electron chi connectivity index (χ0n) is 12.6. The molecule has 0 unspecified atom stereocenters. The molecule has 23 heavy (non-hydrogen) atoms. The van der Waals surface area contributed by atoms with E-state index in [1.165, 1.54) is 5.56 Å². The minimum atomic E-state index is 0.830. The summed E-state index contributed by atoms with van der Waals surface area (Å²) in [4.78, 5) is 8.41. The molecule has 2 aromatic carbocycles. The van der Waals surface area contributed by atoms with Gasteiger partial charge in [-0.3, -0.25) is 0 Å². The number of nitrogens with zero attached hydrogens (tertiary/aromatic N) is 1. The molecule has 0 aliphatic carbocycles. The summed E-state index contributed by atoms with van der Waals surface area (Å²) in [5.74, 6) is 1.00. The van der Waals surface area contributed by atoms with Crippen LogP contribution in [-0.2, 0) is 6.42 Å². The normalized spacial score (nSPS) is 10.8. The Morgan fingerprint density at radius 3 is 2.17 bits per heavy atom. The molecular weight excluding hydrogens is 300 g/mol. The standard InChI is InChI=1S/C20H16N2S/c1-3-7-16(8-4-1)19-20(17-9-5-2-6-10-17)22-18(21-19)13-15-11-12-23-14-15/h1-12,14H,13H2,(H,21,22). The first-order valence-electron chi connectivity index (χ1n) is 7.61. The van der Waals surface area contributed by atoms with E-state index in [1.807, 2.05) is 12.1 Å². The first-order valence-corrected chi connectivity index (χ1v) is 8.55. The van der Waals surface area contributed by atoms with Crippen LogP contribution in [0.15, 0.2) is 77.5 Å². The second kappa shape index (κ2) is 6.23. The van der Waals surface area contributed by atoms with E-state index >= 15 is 0 Å². The maximum atomic E-state index is 4.88. The van der Waals surface area contributed by atoms with Crippen molar-refractivity contribution in [1.29, 1.82) is 0 Å². The summed E-state index contributed by atoms with van der Waals surface area (Å²) in [6.45, 7) is 0. The second-order valence-electron chi connectivity index (χ2n) is 5.45. The number of benzene rings is 2. The molecule has 0 fully saturated rings. The Kier molecular flexibility index (Phi) is 3.78. The number of H-pyrrole nitrogens is 1. The van der Waals surface area contributed by atoms with Crippen molar-refractivity contribution < 1.29 is 0 Å². The van der Waals surface area contributed by atoms with Gasteiger partial charge in [-0.25, -0.2) is 4.98 Å². The molecule has 0 saturated carbocycles. The molecule has 0 aliphatic rings. The van der Waals surface area contributed by atoms with Crippen LogP contribution < -0.4 is 0 Å². The molecule has 0 aliphatic heterocycles. The smallest absolute Gasteiger partial charge is 0.111 e. The van der Waals surface area contributed by atoms with E-state index in [-0.39, 0.29) is 0 Å². The molecule has 3 heteroatoms. The lowest BCUT2D eigenvalue weighted by Crippen LogP contribution is -1.88. The quantitative estimate of drug-likeness (QED) is 0.537. The Bertz CT molecular complexity index is 821. The minimum absolute atomic E-state index is 0.830. The SMILES string of the molecule is c1ccc(-c2nc(Cc3ccsc3)[nH]c2-c2ccccc2)cc1. The van der Waals surface area contributed by atoms with Crippen molar-refractivity contribution in [3.05, 3.63) is 88.9 Å². The average molecular weight is 316 g/mol. The van der Waals surface area contributed by atoms with Crippen molar-refractivity contribution in [2.45, 2.75) is 6.42 Å². The predicted octanol–water partition coefficient (Wildman–Crippen LogP) is 5.40. The van der Waals surface area contributed by atoms with Gasteiger partial charge in [0.2, 0.25) is 0 Å². The number of rotatable bonds is 4. The Morgan fingerprint density at radius 1 is 0.826 bits per heavy atom. The van der Waals surface area contributed by atoms with Gasteiger partial charge in [0, 0.05) is 17.5 Å². The lowest BCUT2D eigenvalue weighted by molar-refractivity contribution is 1.03. The molecule has 4 aromatic rings. The van der Waals surface area contributed by atoms with Crippen molar-refractivity contribution in [2.24, 2.45) is 0 Å². The number of nitrogens with one attached hydrogen (secondary N) is 1. The first kappa shape index (κ1) is 14.0. The van der Waals surface area contributed by atoms with Crippen LogP contribution in [0, 0.1) is 0 Å². The third kappa shape index (κ3) is 2.96. The molecule has 0 atom stereocenters. The van der Waals surface area contributed by atoms with Gasteiger partial charge in [0.25, 0.3) is 0 Å². The molecular formula is C20H16N2S. The number of aromatic nitrogens is 2. The molecule has 2 nitrogen and oxygen atoms in total. The molecule has 2 aromatic heterocycles. The summed E-state index contributed by atoms with van der Waals surface area (Å²) < 4.78 is 0. The summed E-state index contributed by atoms with van der Waals surface area (Å²) in [6.07, 6.45) is 0.830. The van der Waals surface area contributed by atoms with Crippen molar-refractivity contribution in [2.75, 3.05) is 0 Å². The van der Waals surface area contributed by atoms with E-state index < -0.39 is 0 Å². The minimum Gasteiger partial charge on any atom is -0.341 e. The fraction of sp³-hybridized carbons (Fsp3) is 0.0500. The maximum Gasteiger partial charge on any atom is 0.111 e. The zero-order chi connectivity index (χ0) is 15.5. The van der Waals surface area contributed by atoms with Crippen LogP contribution in [0.3, 0.4) is 0 Å². The van der Waals surface area contributed by atoms with Gasteiger partial charge in [0.15, 0.2) is 0 Å². The predicted molar refractivity (Wildman–Crippen MR) is 96.6 cm³/mol. The van der Waals surface area contributed by atoms with Crippen molar-refractivity contribution in [3.63, 3.8) is 0 Å². The summed E-state index contributed by atoms with van der Waals surface area (Å²) in [5.41, 5.74) is 5.70. The van der Waals surface area contributed by atoms with Crippen LogP contribution in [0.4, 0.5) is 0 Å². The van der Waals surface area contributed by atoms with Gasteiger partial charge >= 0.3 is 0 Å². The Morgan fingerprint density at radius 2 is 1.52 bits per heavy atom. The van der Waals surface area contributed by atoms with E-state index in [0.717, 1.165) is 34.8 Å². The van der Waals surface area contributed by atoms with Gasteiger partial charge in [-0.1, -0.05) is 60.7 Å². The Labute approximate surface area is 139 Å². The summed E-state index contributed by atoms with van der Waals surface area (Å²) >= 11 is 1.72. The maximum absolute atomic E-state index is 4.88. The van der Waals surface area contributed by atoms with E-state index in [2.05, 4.69) is 70.3 Å². The highest BCUT2D eigenvalue weighted by molar-refractivity contribution is 7.07. The lowest BCUT2D eigenvalue weighted by atomic mass is 10.1. The highest BCUT2D eigenvalue weighted by atomic mass is 32.1. The van der Waals surface area contributed by atoms with Crippen LogP contribution in [0.2, 0.25) is 0 Å². The Balaban J connectivity index is 1.81. The van der Waals surface area contributed by atoms with E-state index in [9.17, 15) is 0 Å². The van der Waals surface area contributed by atoms with Crippen molar-refractivity contribution >= 4 is 11.3 Å². The topological polar surface area (TPSA) is 28.7 Å². The molecule has 112 valence electrons. The van der Waals surface area contributed by atoms with Gasteiger partial charge in [0.1, 0.15) is 5.82 Å². The number of thiophene rings is 1. The van der Waals surface area contributed by atoms with Gasteiger partial charge in [-0.05, 0) is 22.4 Å². The van der Waals surface area contributed by atoms with Crippen molar-refractivity contribution in [3.8, 4) is 22.5 Å². The fourth-order valence-electron chi connectivity index (χ4n) is 2.71. The average Bonchev–Trinajstić information content (AvgIpc) is 3.27. The van der Waals surface area contributed by atoms with E-state index in [1.54, 1.807) is 11.3 Å². The van der Waals surface area contributed by atoms with Gasteiger partial charge in [0.05, 0.1) is 11.4 Å². The Hall–Kier alpha value is -2.65. The summed E-state index contributed by atoms with van der Waals surface area (Å²) in [6, 6.07) is 22.9.